The molecule has 0 saturated carbocycles. The fourth-order valence-corrected chi connectivity index (χ4v) is 2.92. The van der Waals surface area contributed by atoms with Crippen LogP contribution in [0.5, 0.6) is 0 Å². The van der Waals surface area contributed by atoms with Crippen molar-refractivity contribution < 1.29 is 9.90 Å². The highest BCUT2D eigenvalue weighted by molar-refractivity contribution is 14.1. The zero-order chi connectivity index (χ0) is 10.3. The Labute approximate surface area is 97.7 Å². The molecule has 2 rings (SSSR count). The number of halogens is 1. The molecule has 0 aliphatic carbocycles. The molecule has 2 aromatic rings. The van der Waals surface area contributed by atoms with E-state index < -0.39 is 5.97 Å². The zero-order valence-electron chi connectivity index (χ0n) is 6.95. The second-order valence-corrected chi connectivity index (χ2v) is 4.96. The third kappa shape index (κ3) is 1.46. The summed E-state index contributed by atoms with van der Waals surface area (Å²) >= 11 is 3.40. The van der Waals surface area contributed by atoms with Crippen LogP contribution in [0.1, 0.15) is 9.67 Å². The molecule has 0 atom stereocenters. The average Bonchev–Trinajstić information content (AvgIpc) is 2.56. The van der Waals surface area contributed by atoms with Gasteiger partial charge in [-0.3, -0.25) is 0 Å². The van der Waals surface area contributed by atoms with Crippen molar-refractivity contribution >= 4 is 55.7 Å². The Hall–Kier alpha value is -0.820. The van der Waals surface area contributed by atoms with Gasteiger partial charge in [-0.1, -0.05) is 0 Å². The minimum Gasteiger partial charge on any atom is -0.477 e. The predicted molar refractivity (Wildman–Crippen MR) is 65.9 cm³/mol. The minimum absolute atomic E-state index is 0.350. The molecule has 5 heteroatoms. The number of carboxylic acid groups (broad SMARTS) is 1. The maximum Gasteiger partial charge on any atom is 0.345 e. The van der Waals surface area contributed by atoms with Crippen LogP contribution in [0.4, 0.5) is 5.69 Å². The summed E-state index contributed by atoms with van der Waals surface area (Å²) in [4.78, 5) is 11.1. The van der Waals surface area contributed by atoms with E-state index in [0.717, 1.165) is 13.7 Å². The Bertz CT molecular complexity index is 521. The Morgan fingerprint density at radius 3 is 2.86 bits per heavy atom. The van der Waals surface area contributed by atoms with Gasteiger partial charge in [-0.2, -0.15) is 0 Å². The van der Waals surface area contributed by atoms with Gasteiger partial charge in [0.15, 0.2) is 0 Å². The molecule has 0 radical (unpaired) electrons. The number of anilines is 1. The molecule has 3 nitrogen and oxygen atoms in total. The van der Waals surface area contributed by atoms with Crippen LogP contribution in [0.25, 0.3) is 10.1 Å². The molecule has 0 fully saturated rings. The SMILES string of the molecule is Nc1ccc2sc(C(=O)O)cc2c1I. The van der Waals surface area contributed by atoms with E-state index in [1.54, 1.807) is 12.1 Å². The monoisotopic (exact) mass is 319 g/mol. The summed E-state index contributed by atoms with van der Waals surface area (Å²) in [6, 6.07) is 5.32. The molecule has 0 spiro atoms. The highest BCUT2D eigenvalue weighted by Gasteiger charge is 2.11. The standard InChI is InChI=1S/C9H6INO2S/c10-8-4-3-7(9(12)13)14-6(4)2-1-5(8)11/h1-3H,11H2,(H,12,13). The molecule has 14 heavy (non-hydrogen) atoms. The van der Waals surface area contributed by atoms with Crippen LogP contribution in [0.3, 0.4) is 0 Å². The Kier molecular flexibility index (Phi) is 2.36. The molecule has 0 aliphatic rings. The van der Waals surface area contributed by atoms with Gasteiger partial charge in [0.25, 0.3) is 0 Å². The molecule has 1 aromatic carbocycles. The van der Waals surface area contributed by atoms with Gasteiger partial charge in [0.05, 0.1) is 0 Å². The summed E-state index contributed by atoms with van der Waals surface area (Å²) in [7, 11) is 0. The number of rotatable bonds is 1. The van der Waals surface area contributed by atoms with Gasteiger partial charge in [-0.05, 0) is 40.8 Å². The minimum atomic E-state index is -0.888. The highest BCUT2D eigenvalue weighted by atomic mass is 127. The van der Waals surface area contributed by atoms with Gasteiger partial charge in [0.1, 0.15) is 4.88 Å². The first-order chi connectivity index (χ1) is 6.59. The number of carbonyl (C=O) groups is 1. The molecule has 3 N–H and O–H groups in total. The van der Waals surface area contributed by atoms with Crippen LogP contribution in [0.15, 0.2) is 18.2 Å². The molecule has 0 amide bonds. The van der Waals surface area contributed by atoms with Crippen LogP contribution in [-0.2, 0) is 0 Å². The van der Waals surface area contributed by atoms with Crippen molar-refractivity contribution in [2.75, 3.05) is 5.73 Å². The zero-order valence-corrected chi connectivity index (χ0v) is 9.93. The van der Waals surface area contributed by atoms with Crippen molar-refractivity contribution in [1.29, 1.82) is 0 Å². The molecule has 0 aliphatic heterocycles. The first kappa shape index (κ1) is 9.72. The molecule has 1 aromatic heterocycles. The second kappa shape index (κ2) is 3.39. The van der Waals surface area contributed by atoms with Crippen molar-refractivity contribution in [2.45, 2.75) is 0 Å². The predicted octanol–water partition coefficient (Wildman–Crippen LogP) is 2.79. The number of carboxylic acids is 1. The number of benzene rings is 1. The lowest BCUT2D eigenvalue weighted by Crippen LogP contribution is -1.90. The molecule has 0 unspecified atom stereocenters. The lowest BCUT2D eigenvalue weighted by atomic mass is 10.2. The summed E-state index contributed by atoms with van der Waals surface area (Å²) < 4.78 is 1.88. The smallest absolute Gasteiger partial charge is 0.345 e. The largest absolute Gasteiger partial charge is 0.477 e. The van der Waals surface area contributed by atoms with Crippen LogP contribution >= 0.6 is 33.9 Å². The van der Waals surface area contributed by atoms with Gasteiger partial charge >= 0.3 is 5.97 Å². The van der Waals surface area contributed by atoms with Crippen molar-refractivity contribution in [1.82, 2.24) is 0 Å². The van der Waals surface area contributed by atoms with E-state index in [1.165, 1.54) is 11.3 Å². The first-order valence-corrected chi connectivity index (χ1v) is 5.70. The number of hydrogen-bond acceptors (Lipinski definition) is 3. The Balaban J connectivity index is 2.77. The van der Waals surface area contributed by atoms with E-state index in [9.17, 15) is 4.79 Å². The third-order valence-corrected chi connectivity index (χ3v) is 4.17. The summed E-state index contributed by atoms with van der Waals surface area (Å²) in [5.41, 5.74) is 6.41. The fraction of sp³-hybridized carbons (Fsp3) is 0. The van der Waals surface area contributed by atoms with E-state index >= 15 is 0 Å². The van der Waals surface area contributed by atoms with Crippen LogP contribution < -0.4 is 5.73 Å². The lowest BCUT2D eigenvalue weighted by Gasteiger charge is -1.97. The molecular formula is C9H6INO2S. The van der Waals surface area contributed by atoms with Gasteiger partial charge in [-0.15, -0.1) is 11.3 Å². The normalized spacial score (nSPS) is 10.6. The van der Waals surface area contributed by atoms with Crippen LogP contribution in [0.2, 0.25) is 0 Å². The van der Waals surface area contributed by atoms with Crippen molar-refractivity contribution in [3.63, 3.8) is 0 Å². The van der Waals surface area contributed by atoms with Gasteiger partial charge in [0.2, 0.25) is 0 Å². The summed E-state index contributed by atoms with van der Waals surface area (Å²) in [6.07, 6.45) is 0. The molecule has 0 saturated heterocycles. The van der Waals surface area contributed by atoms with Gasteiger partial charge in [0, 0.05) is 19.3 Å². The third-order valence-electron chi connectivity index (χ3n) is 1.88. The first-order valence-electron chi connectivity index (χ1n) is 3.80. The fourth-order valence-electron chi connectivity index (χ4n) is 1.20. The average molecular weight is 319 g/mol. The van der Waals surface area contributed by atoms with Crippen molar-refractivity contribution in [3.8, 4) is 0 Å². The maximum absolute atomic E-state index is 10.7. The summed E-state index contributed by atoms with van der Waals surface area (Å²) in [6.45, 7) is 0. The van der Waals surface area contributed by atoms with E-state index in [-0.39, 0.29) is 0 Å². The maximum atomic E-state index is 10.7. The number of hydrogen-bond donors (Lipinski definition) is 2. The highest BCUT2D eigenvalue weighted by Crippen LogP contribution is 2.32. The number of nitrogen functional groups attached to an aromatic ring is 1. The van der Waals surface area contributed by atoms with Crippen molar-refractivity contribution in [3.05, 3.63) is 26.6 Å². The molecule has 72 valence electrons. The summed E-state index contributed by atoms with van der Waals surface area (Å²) in [5.74, 6) is -0.888. The van der Waals surface area contributed by atoms with Crippen LogP contribution in [0, 0.1) is 3.57 Å². The second-order valence-electron chi connectivity index (χ2n) is 2.80. The topological polar surface area (TPSA) is 63.3 Å². The van der Waals surface area contributed by atoms with E-state index in [4.69, 9.17) is 10.8 Å². The van der Waals surface area contributed by atoms with Gasteiger partial charge < -0.3 is 10.8 Å². The summed E-state index contributed by atoms with van der Waals surface area (Å²) in [5, 5.41) is 9.75. The van der Waals surface area contributed by atoms with Crippen molar-refractivity contribution in [2.24, 2.45) is 0 Å². The van der Waals surface area contributed by atoms with E-state index in [0.29, 0.717) is 10.6 Å². The van der Waals surface area contributed by atoms with Gasteiger partial charge in [-0.25, -0.2) is 4.79 Å². The number of fused-ring (bicyclic) bond motifs is 1. The lowest BCUT2D eigenvalue weighted by molar-refractivity contribution is 0.0702. The Morgan fingerprint density at radius 1 is 1.50 bits per heavy atom. The molecule has 1 heterocycles. The van der Waals surface area contributed by atoms with E-state index in [2.05, 4.69) is 22.6 Å². The quantitative estimate of drug-likeness (QED) is 0.627. The number of thiophene rings is 1. The number of aromatic carboxylic acids is 1. The molecule has 0 bridgehead atoms. The Morgan fingerprint density at radius 2 is 2.21 bits per heavy atom. The number of nitrogens with two attached hydrogens (primary N) is 1. The van der Waals surface area contributed by atoms with Crippen LogP contribution in [-0.4, -0.2) is 11.1 Å². The van der Waals surface area contributed by atoms with E-state index in [1.807, 2.05) is 6.07 Å². The molecular weight excluding hydrogens is 313 g/mol.